The van der Waals surface area contributed by atoms with E-state index in [9.17, 15) is 9.59 Å². The van der Waals surface area contributed by atoms with Gasteiger partial charge in [0.1, 0.15) is 0 Å². The first-order valence-electron chi connectivity index (χ1n) is 12.3. The molecule has 0 bridgehead atoms. The molecule has 5 nitrogen and oxygen atoms in total. The first kappa shape index (κ1) is 22.7. The van der Waals surface area contributed by atoms with Gasteiger partial charge in [-0.15, -0.1) is 0 Å². The van der Waals surface area contributed by atoms with Gasteiger partial charge < -0.3 is 4.98 Å². The Morgan fingerprint density at radius 2 is 1.43 bits per heavy atom. The van der Waals surface area contributed by atoms with Crippen LogP contribution >= 0.6 is 0 Å². The summed E-state index contributed by atoms with van der Waals surface area (Å²) >= 11 is 0. The van der Waals surface area contributed by atoms with Crippen molar-refractivity contribution < 1.29 is 9.59 Å². The summed E-state index contributed by atoms with van der Waals surface area (Å²) in [6.45, 7) is 2.01. The molecule has 37 heavy (non-hydrogen) atoms. The van der Waals surface area contributed by atoms with Gasteiger partial charge in [0.2, 0.25) is 0 Å². The second-order valence-electron chi connectivity index (χ2n) is 9.46. The molecule has 4 aromatic carbocycles. The summed E-state index contributed by atoms with van der Waals surface area (Å²) in [4.78, 5) is 28.7. The van der Waals surface area contributed by atoms with Gasteiger partial charge in [0.05, 0.1) is 17.4 Å². The molecule has 0 atom stereocenters. The Morgan fingerprint density at radius 3 is 2.24 bits per heavy atom. The minimum atomic E-state index is 0.0908. The summed E-state index contributed by atoms with van der Waals surface area (Å²) in [7, 11) is 0. The van der Waals surface area contributed by atoms with E-state index in [-0.39, 0.29) is 11.6 Å². The number of benzene rings is 4. The average molecular weight is 484 g/mol. The van der Waals surface area contributed by atoms with Gasteiger partial charge in [-0.2, -0.15) is 5.10 Å². The van der Waals surface area contributed by atoms with E-state index in [4.69, 9.17) is 0 Å². The molecule has 6 rings (SSSR count). The van der Waals surface area contributed by atoms with E-state index in [1.165, 1.54) is 0 Å². The molecule has 2 aromatic heterocycles. The number of nitrogens with one attached hydrogen (secondary N) is 1. The highest BCUT2D eigenvalue weighted by Gasteiger charge is 2.12. The lowest BCUT2D eigenvalue weighted by Gasteiger charge is -2.07. The summed E-state index contributed by atoms with van der Waals surface area (Å²) in [5.41, 5.74) is 7.41. The molecule has 0 saturated heterocycles. The molecule has 0 unspecified atom stereocenters. The number of fused-ring (bicyclic) bond motifs is 2. The zero-order valence-electron chi connectivity index (χ0n) is 20.4. The predicted octanol–water partition coefficient (Wildman–Crippen LogP) is 6.67. The Hall–Kier alpha value is -4.77. The third kappa shape index (κ3) is 4.59. The molecule has 2 heterocycles. The van der Waals surface area contributed by atoms with Crippen molar-refractivity contribution in [3.05, 3.63) is 131 Å². The maximum Gasteiger partial charge on any atom is 0.167 e. The van der Waals surface area contributed by atoms with Gasteiger partial charge >= 0.3 is 0 Å². The standard InChI is InChI=1S/C32H25N3O2/c1-21-2-7-24(8-3-21)31(36)18-23-6-13-30-27(16-23)20-34-35(30)28-10-4-22(5-11-28)17-32(37)26-9-12-29-25(19-26)14-15-33-29/h2-16,19-20,33H,17-18H2,1H3. The fraction of sp³-hybridized carbons (Fsp3) is 0.0938. The van der Waals surface area contributed by atoms with Gasteiger partial charge in [-0.25, -0.2) is 4.68 Å². The minimum absolute atomic E-state index is 0.0908. The predicted molar refractivity (Wildman–Crippen MR) is 147 cm³/mol. The van der Waals surface area contributed by atoms with E-state index in [0.29, 0.717) is 18.4 Å². The molecule has 0 saturated carbocycles. The van der Waals surface area contributed by atoms with E-state index >= 15 is 0 Å². The maximum absolute atomic E-state index is 12.8. The van der Waals surface area contributed by atoms with Crippen LogP contribution < -0.4 is 0 Å². The number of Topliss-reactive ketones (excluding diaryl/α,β-unsaturated/α-hetero) is 2. The van der Waals surface area contributed by atoms with Gasteiger partial charge in [0.15, 0.2) is 11.6 Å². The Morgan fingerprint density at radius 1 is 0.730 bits per heavy atom. The fourth-order valence-electron chi connectivity index (χ4n) is 4.69. The zero-order chi connectivity index (χ0) is 25.4. The molecule has 5 heteroatoms. The molecular weight excluding hydrogens is 458 g/mol. The largest absolute Gasteiger partial charge is 0.361 e. The number of H-pyrrole nitrogens is 1. The molecule has 0 radical (unpaired) electrons. The van der Waals surface area contributed by atoms with Crippen LogP contribution in [-0.2, 0) is 12.8 Å². The van der Waals surface area contributed by atoms with Crippen molar-refractivity contribution in [1.82, 2.24) is 14.8 Å². The van der Waals surface area contributed by atoms with Gasteiger partial charge in [-0.1, -0.05) is 48.0 Å². The van der Waals surface area contributed by atoms with E-state index in [2.05, 4.69) is 10.1 Å². The number of aryl methyl sites for hydroxylation is 1. The van der Waals surface area contributed by atoms with Crippen LogP contribution in [-0.4, -0.2) is 26.3 Å². The lowest BCUT2D eigenvalue weighted by atomic mass is 10.0. The number of carbonyl (C=O) groups excluding carboxylic acids is 2. The Labute approximate surface area is 214 Å². The van der Waals surface area contributed by atoms with Crippen molar-refractivity contribution in [2.24, 2.45) is 0 Å². The first-order chi connectivity index (χ1) is 18.0. The lowest BCUT2D eigenvalue weighted by molar-refractivity contribution is 0.0985. The highest BCUT2D eigenvalue weighted by atomic mass is 16.1. The van der Waals surface area contributed by atoms with Crippen molar-refractivity contribution in [3.8, 4) is 5.69 Å². The Kier molecular flexibility index (Phi) is 5.73. The number of nitrogens with zero attached hydrogens (tertiary/aromatic N) is 2. The van der Waals surface area contributed by atoms with Crippen LogP contribution in [0, 0.1) is 6.92 Å². The third-order valence-electron chi connectivity index (χ3n) is 6.79. The topological polar surface area (TPSA) is 67.8 Å². The van der Waals surface area contributed by atoms with E-state index in [1.807, 2.05) is 115 Å². The average Bonchev–Trinajstić information content (AvgIpc) is 3.56. The number of aromatic nitrogens is 3. The highest BCUT2D eigenvalue weighted by Crippen LogP contribution is 2.22. The normalized spacial score (nSPS) is 11.3. The SMILES string of the molecule is Cc1ccc(C(=O)Cc2ccc3c(cnn3-c3ccc(CC(=O)c4ccc5[nH]ccc5c4)cc3)c2)cc1. The van der Waals surface area contributed by atoms with E-state index in [0.717, 1.165) is 49.7 Å². The van der Waals surface area contributed by atoms with Crippen LogP contribution in [0.3, 0.4) is 0 Å². The number of rotatable bonds is 7. The van der Waals surface area contributed by atoms with Crippen LogP contribution in [0.5, 0.6) is 0 Å². The maximum atomic E-state index is 12.8. The summed E-state index contributed by atoms with van der Waals surface area (Å²) in [5, 5.41) is 6.59. The number of hydrogen-bond acceptors (Lipinski definition) is 3. The molecule has 0 fully saturated rings. The third-order valence-corrected chi connectivity index (χ3v) is 6.79. The molecule has 0 aliphatic rings. The molecule has 0 amide bonds. The van der Waals surface area contributed by atoms with Gasteiger partial charge in [-0.3, -0.25) is 9.59 Å². The summed E-state index contributed by atoms with van der Waals surface area (Å²) in [5.74, 6) is 0.193. The highest BCUT2D eigenvalue weighted by molar-refractivity contribution is 6.00. The van der Waals surface area contributed by atoms with Crippen molar-refractivity contribution in [2.75, 3.05) is 0 Å². The van der Waals surface area contributed by atoms with Crippen LogP contribution in [0.25, 0.3) is 27.5 Å². The molecule has 180 valence electrons. The first-order valence-corrected chi connectivity index (χ1v) is 12.3. The Balaban J connectivity index is 1.17. The number of carbonyl (C=O) groups is 2. The van der Waals surface area contributed by atoms with Crippen LogP contribution in [0.2, 0.25) is 0 Å². The van der Waals surface area contributed by atoms with Crippen molar-refractivity contribution >= 4 is 33.4 Å². The van der Waals surface area contributed by atoms with Crippen LogP contribution in [0.15, 0.2) is 103 Å². The quantitative estimate of drug-likeness (QED) is 0.258. The molecule has 0 spiro atoms. The minimum Gasteiger partial charge on any atom is -0.361 e. The summed E-state index contributed by atoms with van der Waals surface area (Å²) in [6, 6.07) is 29.3. The lowest BCUT2D eigenvalue weighted by Crippen LogP contribution is -2.04. The molecule has 6 aromatic rings. The fourth-order valence-corrected chi connectivity index (χ4v) is 4.69. The van der Waals surface area contributed by atoms with E-state index in [1.54, 1.807) is 0 Å². The second-order valence-corrected chi connectivity index (χ2v) is 9.46. The second kappa shape index (κ2) is 9.36. The van der Waals surface area contributed by atoms with Gasteiger partial charge in [-0.05, 0) is 66.6 Å². The van der Waals surface area contributed by atoms with Crippen molar-refractivity contribution in [1.29, 1.82) is 0 Å². The molecule has 0 aliphatic heterocycles. The molecule has 1 N–H and O–H groups in total. The van der Waals surface area contributed by atoms with Crippen LogP contribution in [0.1, 0.15) is 37.4 Å². The number of aromatic amines is 1. The zero-order valence-corrected chi connectivity index (χ0v) is 20.4. The summed E-state index contributed by atoms with van der Waals surface area (Å²) < 4.78 is 1.88. The van der Waals surface area contributed by atoms with Crippen molar-refractivity contribution in [3.63, 3.8) is 0 Å². The van der Waals surface area contributed by atoms with Gasteiger partial charge in [0, 0.05) is 46.5 Å². The smallest absolute Gasteiger partial charge is 0.167 e. The number of ketones is 2. The van der Waals surface area contributed by atoms with Crippen molar-refractivity contribution in [2.45, 2.75) is 19.8 Å². The monoisotopic (exact) mass is 483 g/mol. The molecular formula is C32H25N3O2. The van der Waals surface area contributed by atoms with Crippen LogP contribution in [0.4, 0.5) is 0 Å². The Bertz CT molecular complexity index is 1760. The van der Waals surface area contributed by atoms with E-state index < -0.39 is 0 Å². The summed E-state index contributed by atoms with van der Waals surface area (Å²) in [6.07, 6.45) is 4.39. The number of hydrogen-bond donors (Lipinski definition) is 1. The molecule has 0 aliphatic carbocycles. The van der Waals surface area contributed by atoms with Gasteiger partial charge in [0.25, 0.3) is 0 Å².